The second-order valence-electron chi connectivity index (χ2n) is 10.8. The van der Waals surface area contributed by atoms with Crippen LogP contribution < -0.4 is 16.0 Å². The first kappa shape index (κ1) is 31.1. The predicted octanol–water partition coefficient (Wildman–Crippen LogP) is 5.01. The molecule has 0 aromatic heterocycles. The van der Waals surface area contributed by atoms with Gasteiger partial charge in [0, 0.05) is 47.5 Å². The zero-order chi connectivity index (χ0) is 29.6. The number of halogens is 2. The molecule has 1 saturated heterocycles. The fraction of sp³-hybridized carbons (Fsp3) is 0.387. The molecule has 0 bridgehead atoms. The number of rotatable bonds is 11. The molecule has 1 heterocycles. The van der Waals surface area contributed by atoms with Crippen LogP contribution in [0.1, 0.15) is 38.3 Å². The number of anilines is 1. The highest BCUT2D eigenvalue weighted by Gasteiger charge is 2.37. The van der Waals surface area contributed by atoms with Crippen molar-refractivity contribution < 1.29 is 17.6 Å². The first-order valence-electron chi connectivity index (χ1n) is 13.9. The van der Waals surface area contributed by atoms with Gasteiger partial charge in [-0.2, -0.15) is 4.31 Å². The van der Waals surface area contributed by atoms with Gasteiger partial charge in [-0.1, -0.05) is 61.8 Å². The van der Waals surface area contributed by atoms with E-state index in [-0.39, 0.29) is 35.3 Å². The van der Waals surface area contributed by atoms with Gasteiger partial charge in [-0.25, -0.2) is 12.8 Å². The van der Waals surface area contributed by atoms with Crippen LogP contribution in [0.2, 0.25) is 5.02 Å². The molecule has 3 aromatic rings. The molecule has 0 saturated carbocycles. The second-order valence-corrected chi connectivity index (χ2v) is 13.1. The van der Waals surface area contributed by atoms with E-state index >= 15 is 4.39 Å². The van der Waals surface area contributed by atoms with E-state index in [9.17, 15) is 13.2 Å². The Morgan fingerprint density at radius 2 is 1.76 bits per heavy atom. The number of sulfonamides is 1. The molecule has 1 aliphatic rings. The molecule has 3 N–H and O–H groups in total. The molecule has 3 aromatic carbocycles. The van der Waals surface area contributed by atoms with Crippen molar-refractivity contribution in [2.75, 3.05) is 18.4 Å². The van der Waals surface area contributed by atoms with E-state index in [1.807, 2.05) is 32.9 Å². The summed E-state index contributed by atoms with van der Waals surface area (Å²) in [7, 11) is -3.75. The number of hydrogen-bond donors (Lipinski definition) is 3. The van der Waals surface area contributed by atoms with Gasteiger partial charge in [0.05, 0.1) is 10.9 Å². The Balaban J connectivity index is 1.53. The average molecular weight is 601 g/mol. The lowest BCUT2D eigenvalue weighted by atomic mass is 10.00. The van der Waals surface area contributed by atoms with E-state index in [1.165, 1.54) is 6.07 Å². The Morgan fingerprint density at radius 1 is 1.05 bits per heavy atom. The molecular formula is C31H38ClFN4O3S. The third-order valence-electron chi connectivity index (χ3n) is 7.24. The third-order valence-corrected chi connectivity index (χ3v) is 9.57. The van der Waals surface area contributed by atoms with Crippen LogP contribution in [0.15, 0.2) is 77.7 Å². The third kappa shape index (κ3) is 7.93. The van der Waals surface area contributed by atoms with Crippen LogP contribution in [0.4, 0.5) is 10.1 Å². The lowest BCUT2D eigenvalue weighted by Crippen LogP contribution is -2.58. The van der Waals surface area contributed by atoms with E-state index in [0.717, 1.165) is 5.56 Å². The monoisotopic (exact) mass is 600 g/mol. The Bertz CT molecular complexity index is 1420. The molecule has 1 amide bonds. The first-order chi connectivity index (χ1) is 19.6. The summed E-state index contributed by atoms with van der Waals surface area (Å²) in [4.78, 5) is 13.7. The van der Waals surface area contributed by atoms with Crippen molar-refractivity contribution in [3.05, 3.63) is 94.8 Å². The second kappa shape index (κ2) is 13.9. The maximum atomic E-state index is 15.2. The van der Waals surface area contributed by atoms with Gasteiger partial charge in [0.2, 0.25) is 15.9 Å². The number of carbonyl (C=O) groups is 1. The van der Waals surface area contributed by atoms with Crippen molar-refractivity contribution >= 4 is 33.2 Å². The van der Waals surface area contributed by atoms with Crippen LogP contribution in [0.25, 0.3) is 0 Å². The molecule has 0 spiro atoms. The first-order valence-corrected chi connectivity index (χ1v) is 15.8. The Hall–Kier alpha value is -2.82. The SMILES string of the molecule is CC(C)N[C@@H](Cc1ccc(Cl)cc1)C(=O)Nc1cccc(F)c1CC[C@H]1CNC[C@H](C)N1S(=O)(=O)c1ccccc1. The zero-order valence-electron chi connectivity index (χ0n) is 23.6. The molecule has 220 valence electrons. The fourth-order valence-corrected chi connectivity index (χ4v) is 7.31. The molecule has 41 heavy (non-hydrogen) atoms. The van der Waals surface area contributed by atoms with Crippen molar-refractivity contribution in [1.82, 2.24) is 14.9 Å². The number of nitrogens with zero attached hydrogens (tertiary/aromatic N) is 1. The summed E-state index contributed by atoms with van der Waals surface area (Å²) in [6.07, 6.45) is 1.07. The van der Waals surface area contributed by atoms with E-state index in [0.29, 0.717) is 42.2 Å². The van der Waals surface area contributed by atoms with Crippen molar-refractivity contribution in [2.45, 2.75) is 69.1 Å². The van der Waals surface area contributed by atoms with Crippen molar-refractivity contribution in [3.63, 3.8) is 0 Å². The van der Waals surface area contributed by atoms with Crippen LogP contribution in [0, 0.1) is 5.82 Å². The minimum atomic E-state index is -3.75. The number of amides is 1. The van der Waals surface area contributed by atoms with Crippen molar-refractivity contribution in [2.24, 2.45) is 0 Å². The van der Waals surface area contributed by atoms with Crippen LogP contribution in [0.5, 0.6) is 0 Å². The minimum absolute atomic E-state index is 0.0448. The molecule has 3 atom stereocenters. The Labute approximate surface area is 247 Å². The summed E-state index contributed by atoms with van der Waals surface area (Å²) in [5.41, 5.74) is 1.68. The maximum Gasteiger partial charge on any atom is 0.243 e. The van der Waals surface area contributed by atoms with E-state index in [4.69, 9.17) is 11.6 Å². The molecule has 1 aliphatic heterocycles. The van der Waals surface area contributed by atoms with Crippen molar-refractivity contribution in [1.29, 1.82) is 0 Å². The molecule has 7 nitrogen and oxygen atoms in total. The van der Waals surface area contributed by atoms with E-state index < -0.39 is 21.9 Å². The van der Waals surface area contributed by atoms with Gasteiger partial charge in [-0.3, -0.25) is 4.79 Å². The summed E-state index contributed by atoms with van der Waals surface area (Å²) in [6.45, 7) is 6.78. The van der Waals surface area contributed by atoms with Gasteiger partial charge in [0.15, 0.2) is 0 Å². The Morgan fingerprint density at radius 3 is 2.44 bits per heavy atom. The molecule has 1 fully saturated rings. The molecule has 4 rings (SSSR count). The lowest BCUT2D eigenvalue weighted by molar-refractivity contribution is -0.118. The van der Waals surface area contributed by atoms with Gasteiger partial charge in [-0.05, 0) is 68.1 Å². The highest BCUT2D eigenvalue weighted by molar-refractivity contribution is 7.89. The quantitative estimate of drug-likeness (QED) is 0.288. The van der Waals surface area contributed by atoms with E-state index in [1.54, 1.807) is 58.9 Å². The highest BCUT2D eigenvalue weighted by atomic mass is 35.5. The van der Waals surface area contributed by atoms with Crippen LogP contribution >= 0.6 is 11.6 Å². The topological polar surface area (TPSA) is 90.5 Å². The summed E-state index contributed by atoms with van der Waals surface area (Å²) < 4.78 is 43.9. The fourth-order valence-electron chi connectivity index (χ4n) is 5.32. The minimum Gasteiger partial charge on any atom is -0.324 e. The van der Waals surface area contributed by atoms with E-state index in [2.05, 4.69) is 16.0 Å². The highest BCUT2D eigenvalue weighted by Crippen LogP contribution is 2.28. The van der Waals surface area contributed by atoms with Crippen LogP contribution in [-0.2, 0) is 27.7 Å². The van der Waals surface area contributed by atoms with Gasteiger partial charge in [0.25, 0.3) is 0 Å². The number of piperazine rings is 1. The predicted molar refractivity (Wildman–Crippen MR) is 162 cm³/mol. The molecule has 10 heteroatoms. The normalized spacial score (nSPS) is 18.8. The van der Waals surface area contributed by atoms with Gasteiger partial charge in [0.1, 0.15) is 5.82 Å². The summed E-state index contributed by atoms with van der Waals surface area (Å²) in [5, 5.41) is 10.2. The maximum absolute atomic E-state index is 15.2. The van der Waals surface area contributed by atoms with Gasteiger partial charge >= 0.3 is 0 Å². The molecule has 0 unspecified atom stereocenters. The Kier molecular flexibility index (Phi) is 10.5. The van der Waals surface area contributed by atoms with Crippen LogP contribution in [0.3, 0.4) is 0 Å². The number of benzene rings is 3. The summed E-state index contributed by atoms with van der Waals surface area (Å²) in [6, 6.07) is 19.2. The molecular weight excluding hydrogens is 563 g/mol. The number of carbonyl (C=O) groups excluding carboxylic acids is 1. The average Bonchev–Trinajstić information content (AvgIpc) is 2.93. The lowest BCUT2D eigenvalue weighted by Gasteiger charge is -2.40. The van der Waals surface area contributed by atoms with Crippen molar-refractivity contribution in [3.8, 4) is 0 Å². The molecule has 0 aliphatic carbocycles. The number of hydrogen-bond acceptors (Lipinski definition) is 5. The smallest absolute Gasteiger partial charge is 0.243 e. The zero-order valence-corrected chi connectivity index (χ0v) is 25.2. The molecule has 0 radical (unpaired) electrons. The number of nitrogens with one attached hydrogen (secondary N) is 3. The summed E-state index contributed by atoms with van der Waals surface area (Å²) >= 11 is 6.02. The van der Waals surface area contributed by atoms with Crippen LogP contribution in [-0.4, -0.2) is 55.9 Å². The largest absolute Gasteiger partial charge is 0.324 e. The standard InChI is InChI=1S/C31H38ClFN4O3S/c1-21(2)35-30(18-23-12-14-24(32)15-13-23)31(38)36-29-11-7-10-28(33)27(29)17-16-25-20-34-19-22(3)37(25)41(39,40)26-8-5-4-6-9-26/h4-15,21-22,25,30,34-35H,16-20H2,1-3H3,(H,36,38)/t22-,25-,30-/m0/s1. The van der Waals surface area contributed by atoms with Gasteiger partial charge < -0.3 is 16.0 Å². The van der Waals surface area contributed by atoms with Gasteiger partial charge in [-0.15, -0.1) is 0 Å². The summed E-state index contributed by atoms with van der Waals surface area (Å²) in [5.74, 6) is -0.718.